The van der Waals surface area contributed by atoms with Crippen LogP contribution in [0, 0.1) is 11.8 Å². The van der Waals surface area contributed by atoms with Gasteiger partial charge in [0.1, 0.15) is 0 Å². The second-order valence-corrected chi connectivity index (χ2v) is 3.86. The van der Waals surface area contributed by atoms with Crippen LogP contribution in [0.25, 0.3) is 10.8 Å². The zero-order chi connectivity index (χ0) is 13.0. The Balaban J connectivity index is 2.39. The van der Waals surface area contributed by atoms with Crippen molar-refractivity contribution in [3.8, 4) is 11.8 Å². The van der Waals surface area contributed by atoms with Crippen LogP contribution in [-0.2, 0) is 0 Å². The lowest BCUT2D eigenvalue weighted by molar-refractivity contribution is 0.0697. The van der Waals surface area contributed by atoms with Crippen LogP contribution in [0.1, 0.15) is 22.3 Å². The molecule has 0 amide bonds. The Morgan fingerprint density at radius 1 is 1.11 bits per heavy atom. The molecule has 2 aromatic carbocycles. The maximum atomic E-state index is 10.8. The molecule has 0 aliphatic rings. The van der Waals surface area contributed by atoms with Gasteiger partial charge in [-0.2, -0.15) is 0 Å². The van der Waals surface area contributed by atoms with Crippen LogP contribution >= 0.6 is 0 Å². The first-order chi connectivity index (χ1) is 8.70. The highest BCUT2D eigenvalue weighted by atomic mass is 16.4. The number of aromatic carboxylic acids is 1. The predicted molar refractivity (Wildman–Crippen MR) is 69.5 cm³/mol. The third kappa shape index (κ3) is 2.68. The number of aliphatic hydroxyl groups excluding tert-OH is 1. The van der Waals surface area contributed by atoms with E-state index in [2.05, 4.69) is 11.8 Å². The van der Waals surface area contributed by atoms with Crippen LogP contribution < -0.4 is 0 Å². The minimum Gasteiger partial charge on any atom is -0.478 e. The summed E-state index contributed by atoms with van der Waals surface area (Å²) in [7, 11) is 0. The van der Waals surface area contributed by atoms with E-state index in [1.807, 2.05) is 18.2 Å². The maximum absolute atomic E-state index is 10.8. The van der Waals surface area contributed by atoms with Crippen molar-refractivity contribution in [3.05, 3.63) is 47.5 Å². The largest absolute Gasteiger partial charge is 0.478 e. The number of benzene rings is 2. The molecule has 0 radical (unpaired) electrons. The monoisotopic (exact) mass is 240 g/mol. The summed E-state index contributed by atoms with van der Waals surface area (Å²) in [6.07, 6.45) is 0.454. The average Bonchev–Trinajstić information content (AvgIpc) is 2.38. The van der Waals surface area contributed by atoms with E-state index >= 15 is 0 Å². The Bertz CT molecular complexity index is 648. The molecule has 18 heavy (non-hydrogen) atoms. The molecule has 0 unspecified atom stereocenters. The van der Waals surface area contributed by atoms with Gasteiger partial charge in [-0.1, -0.05) is 24.0 Å². The Labute approximate surface area is 105 Å². The van der Waals surface area contributed by atoms with Crippen molar-refractivity contribution in [2.24, 2.45) is 0 Å². The molecule has 3 heteroatoms. The van der Waals surface area contributed by atoms with Crippen molar-refractivity contribution in [1.29, 1.82) is 0 Å². The fourth-order valence-electron chi connectivity index (χ4n) is 1.68. The SMILES string of the molecule is O=C(O)c1ccc2cc(C#CCCO)ccc2c1. The van der Waals surface area contributed by atoms with Crippen LogP contribution in [0.2, 0.25) is 0 Å². The van der Waals surface area contributed by atoms with E-state index in [9.17, 15) is 4.79 Å². The first-order valence-electron chi connectivity index (χ1n) is 5.57. The maximum Gasteiger partial charge on any atom is 0.335 e. The number of fused-ring (bicyclic) bond motifs is 1. The number of carboxylic acids is 1. The zero-order valence-electron chi connectivity index (χ0n) is 9.68. The second kappa shape index (κ2) is 5.35. The van der Waals surface area contributed by atoms with Gasteiger partial charge in [0.05, 0.1) is 12.2 Å². The molecule has 0 saturated heterocycles. The smallest absolute Gasteiger partial charge is 0.335 e. The number of hydrogen-bond donors (Lipinski definition) is 2. The van der Waals surface area contributed by atoms with Crippen LogP contribution in [0.4, 0.5) is 0 Å². The standard InChI is InChI=1S/C15H12O3/c16-8-2-1-3-11-4-5-13-10-14(15(17)18)7-6-12(13)9-11/h4-7,9-10,16H,2,8H2,(H,17,18). The van der Waals surface area contributed by atoms with Crippen molar-refractivity contribution in [2.75, 3.05) is 6.61 Å². The lowest BCUT2D eigenvalue weighted by Gasteiger charge is -2.00. The molecule has 0 fully saturated rings. The van der Waals surface area contributed by atoms with E-state index in [0.29, 0.717) is 6.42 Å². The fourth-order valence-corrected chi connectivity index (χ4v) is 1.68. The van der Waals surface area contributed by atoms with Gasteiger partial charge in [0, 0.05) is 12.0 Å². The third-order valence-electron chi connectivity index (χ3n) is 2.56. The normalized spacial score (nSPS) is 9.83. The minimum absolute atomic E-state index is 0.0581. The number of aliphatic hydroxyl groups is 1. The van der Waals surface area contributed by atoms with Crippen LogP contribution in [-0.4, -0.2) is 22.8 Å². The molecular weight excluding hydrogens is 228 g/mol. The molecule has 2 N–H and O–H groups in total. The lowest BCUT2D eigenvalue weighted by atomic mass is 10.0. The quantitative estimate of drug-likeness (QED) is 0.792. The number of rotatable bonds is 2. The summed E-state index contributed by atoms with van der Waals surface area (Å²) in [6.45, 7) is 0.0581. The highest BCUT2D eigenvalue weighted by Gasteiger charge is 2.03. The first-order valence-corrected chi connectivity index (χ1v) is 5.57. The Morgan fingerprint density at radius 2 is 1.83 bits per heavy atom. The number of carbonyl (C=O) groups is 1. The summed E-state index contributed by atoms with van der Waals surface area (Å²) in [5, 5.41) is 19.4. The molecule has 0 bridgehead atoms. The van der Waals surface area contributed by atoms with Gasteiger partial charge in [-0.3, -0.25) is 0 Å². The average molecular weight is 240 g/mol. The van der Waals surface area contributed by atoms with E-state index in [4.69, 9.17) is 10.2 Å². The highest BCUT2D eigenvalue weighted by molar-refractivity contribution is 5.94. The van der Waals surface area contributed by atoms with Crippen LogP contribution in [0.3, 0.4) is 0 Å². The van der Waals surface area contributed by atoms with Crippen molar-refractivity contribution in [1.82, 2.24) is 0 Å². The van der Waals surface area contributed by atoms with Crippen molar-refractivity contribution >= 4 is 16.7 Å². The summed E-state index contributed by atoms with van der Waals surface area (Å²) in [4.78, 5) is 10.8. The van der Waals surface area contributed by atoms with Crippen LogP contribution in [0.5, 0.6) is 0 Å². The van der Waals surface area contributed by atoms with Gasteiger partial charge in [0.2, 0.25) is 0 Å². The van der Waals surface area contributed by atoms with Gasteiger partial charge in [-0.15, -0.1) is 0 Å². The molecule has 2 rings (SSSR count). The van der Waals surface area contributed by atoms with Gasteiger partial charge in [0.15, 0.2) is 0 Å². The summed E-state index contributed by atoms with van der Waals surface area (Å²) < 4.78 is 0. The number of hydrogen-bond acceptors (Lipinski definition) is 2. The molecule has 0 heterocycles. The van der Waals surface area contributed by atoms with Gasteiger partial charge >= 0.3 is 5.97 Å². The molecule has 2 aromatic rings. The second-order valence-electron chi connectivity index (χ2n) is 3.86. The molecule has 0 saturated carbocycles. The first kappa shape index (κ1) is 12.2. The zero-order valence-corrected chi connectivity index (χ0v) is 9.68. The highest BCUT2D eigenvalue weighted by Crippen LogP contribution is 2.17. The van der Waals surface area contributed by atoms with Gasteiger partial charge in [-0.25, -0.2) is 4.79 Å². The molecule has 0 aliphatic carbocycles. The summed E-state index contributed by atoms with van der Waals surface area (Å²) in [6, 6.07) is 10.6. The summed E-state index contributed by atoms with van der Waals surface area (Å²) in [5.74, 6) is 4.87. The molecule has 0 spiro atoms. The third-order valence-corrected chi connectivity index (χ3v) is 2.56. The molecular formula is C15H12O3. The Kier molecular flexibility index (Phi) is 3.61. The Morgan fingerprint density at radius 3 is 2.56 bits per heavy atom. The Hall–Kier alpha value is -2.31. The van der Waals surface area contributed by atoms with Gasteiger partial charge in [0.25, 0.3) is 0 Å². The van der Waals surface area contributed by atoms with E-state index in [1.165, 1.54) is 0 Å². The van der Waals surface area contributed by atoms with E-state index in [0.717, 1.165) is 16.3 Å². The van der Waals surface area contributed by atoms with Gasteiger partial charge < -0.3 is 10.2 Å². The topological polar surface area (TPSA) is 57.5 Å². The predicted octanol–water partition coefficient (Wildman–Crippen LogP) is 2.27. The molecule has 90 valence electrons. The number of carboxylic acid groups (broad SMARTS) is 1. The molecule has 3 nitrogen and oxygen atoms in total. The van der Waals surface area contributed by atoms with Crippen molar-refractivity contribution in [3.63, 3.8) is 0 Å². The summed E-state index contributed by atoms with van der Waals surface area (Å²) >= 11 is 0. The van der Waals surface area contributed by atoms with Gasteiger partial charge in [-0.05, 0) is 35.0 Å². The van der Waals surface area contributed by atoms with Crippen LogP contribution in [0.15, 0.2) is 36.4 Å². The fraction of sp³-hybridized carbons (Fsp3) is 0.133. The molecule has 0 atom stereocenters. The van der Waals surface area contributed by atoms with E-state index < -0.39 is 5.97 Å². The van der Waals surface area contributed by atoms with Crippen molar-refractivity contribution < 1.29 is 15.0 Å². The minimum atomic E-state index is -0.927. The lowest BCUT2D eigenvalue weighted by Crippen LogP contribution is -1.95. The summed E-state index contributed by atoms with van der Waals surface area (Å²) in [5.41, 5.74) is 1.14. The molecule has 0 aliphatic heterocycles. The van der Waals surface area contributed by atoms with Crippen molar-refractivity contribution in [2.45, 2.75) is 6.42 Å². The van der Waals surface area contributed by atoms with E-state index in [1.54, 1.807) is 18.2 Å². The molecule has 0 aromatic heterocycles. The van der Waals surface area contributed by atoms with E-state index in [-0.39, 0.29) is 12.2 Å².